The van der Waals surface area contributed by atoms with E-state index in [1.807, 2.05) is 47.0 Å². The smallest absolute Gasteiger partial charge is 0.292 e. The molecule has 1 heterocycles. The number of carbonyl (C=O) groups excluding carboxylic acids is 2. The number of Topliss-reactive ketones (excluding diaryl/α,β-unsaturated/α-hetero) is 1. The van der Waals surface area contributed by atoms with E-state index in [2.05, 4.69) is 15.5 Å². The number of carbonyl (C=O) groups is 2. The Hall–Kier alpha value is -2.96. The quantitative estimate of drug-likeness (QED) is 0.496. The molecule has 1 aromatic carbocycles. The zero-order chi connectivity index (χ0) is 24.4. The molecule has 0 saturated heterocycles. The molecule has 1 saturated carbocycles. The Labute approximate surface area is 202 Å². The minimum atomic E-state index is -0.500. The van der Waals surface area contributed by atoms with E-state index in [0.717, 1.165) is 61.0 Å². The monoisotopic (exact) mass is 463 g/mol. The largest absolute Gasteiger partial charge is 0.362 e. The first-order valence-electron chi connectivity index (χ1n) is 12.5. The number of aromatic nitrogens is 2. The van der Waals surface area contributed by atoms with Crippen LogP contribution in [0.3, 0.4) is 0 Å². The fourth-order valence-electron chi connectivity index (χ4n) is 5.48. The summed E-state index contributed by atoms with van der Waals surface area (Å²) in [6, 6.07) is 4.19. The van der Waals surface area contributed by atoms with Crippen LogP contribution in [0.25, 0.3) is 0 Å². The molecule has 2 aromatic rings. The van der Waals surface area contributed by atoms with Crippen molar-refractivity contribution in [1.29, 1.82) is 0 Å². The summed E-state index contributed by atoms with van der Waals surface area (Å²) in [5, 5.41) is 6.52. The predicted molar refractivity (Wildman–Crippen MR) is 136 cm³/mol. The number of amides is 1. The topological polar surface area (TPSA) is 87.2 Å². The summed E-state index contributed by atoms with van der Waals surface area (Å²) in [7, 11) is 4.07. The van der Waals surface area contributed by atoms with E-state index in [0.29, 0.717) is 11.5 Å². The third-order valence-electron chi connectivity index (χ3n) is 7.09. The SMILES string of the molecule is Cc1cc(C)c(C(=O)C(=O)NC2CCC(Nc3nc4c(c(N(C)C)n3)CCCC4)CC2)c(C)c1. The Bertz CT molecular complexity index is 1060. The molecule has 2 aliphatic rings. The van der Waals surface area contributed by atoms with Crippen LogP contribution >= 0.6 is 0 Å². The van der Waals surface area contributed by atoms with Crippen LogP contribution in [-0.2, 0) is 17.6 Å². The molecule has 34 heavy (non-hydrogen) atoms. The van der Waals surface area contributed by atoms with Crippen molar-refractivity contribution < 1.29 is 9.59 Å². The molecule has 2 aliphatic carbocycles. The summed E-state index contributed by atoms with van der Waals surface area (Å²) in [6.45, 7) is 5.78. The molecular formula is C27H37N5O2. The first-order valence-corrected chi connectivity index (χ1v) is 12.5. The van der Waals surface area contributed by atoms with Crippen LogP contribution in [-0.4, -0.2) is 47.8 Å². The molecule has 7 nitrogen and oxygen atoms in total. The van der Waals surface area contributed by atoms with E-state index in [1.54, 1.807) is 0 Å². The molecule has 0 aliphatic heterocycles. The number of fused-ring (bicyclic) bond motifs is 1. The van der Waals surface area contributed by atoms with Gasteiger partial charge in [0.05, 0.1) is 5.69 Å². The van der Waals surface area contributed by atoms with E-state index >= 15 is 0 Å². The highest BCUT2D eigenvalue weighted by Crippen LogP contribution is 2.29. The number of ketones is 1. The van der Waals surface area contributed by atoms with Crippen molar-refractivity contribution >= 4 is 23.5 Å². The number of anilines is 2. The van der Waals surface area contributed by atoms with Crippen molar-refractivity contribution in [3.63, 3.8) is 0 Å². The second kappa shape index (κ2) is 10.1. The lowest BCUT2D eigenvalue weighted by atomic mass is 9.90. The number of nitrogens with one attached hydrogen (secondary N) is 2. The van der Waals surface area contributed by atoms with Gasteiger partial charge in [-0.25, -0.2) is 4.98 Å². The standard InChI is InChI=1S/C27H37N5O2/c1-16-14-17(2)23(18(3)15-16)24(33)26(34)28-19-10-12-20(13-11-19)29-27-30-22-9-7-6-8-21(22)25(31-27)32(4)5/h14-15,19-20H,6-13H2,1-5H3,(H,28,34)(H,29,30,31). The molecule has 1 amide bonds. The second-order valence-electron chi connectivity index (χ2n) is 10.2. The van der Waals surface area contributed by atoms with Crippen LogP contribution in [0.5, 0.6) is 0 Å². The molecule has 182 valence electrons. The van der Waals surface area contributed by atoms with Crippen molar-refractivity contribution in [2.75, 3.05) is 24.3 Å². The Morgan fingerprint density at radius 3 is 2.18 bits per heavy atom. The highest BCUT2D eigenvalue weighted by Gasteiger charge is 2.27. The van der Waals surface area contributed by atoms with Gasteiger partial charge < -0.3 is 15.5 Å². The van der Waals surface area contributed by atoms with Crippen LogP contribution in [0.15, 0.2) is 12.1 Å². The number of aryl methyl sites for hydroxylation is 4. The molecular weight excluding hydrogens is 426 g/mol. The Balaban J connectivity index is 1.35. The summed E-state index contributed by atoms with van der Waals surface area (Å²) in [4.78, 5) is 37.3. The van der Waals surface area contributed by atoms with Crippen molar-refractivity contribution in [3.05, 3.63) is 45.6 Å². The first kappa shape index (κ1) is 24.2. The van der Waals surface area contributed by atoms with E-state index < -0.39 is 11.7 Å². The lowest BCUT2D eigenvalue weighted by Crippen LogP contribution is -2.43. The van der Waals surface area contributed by atoms with Crippen LogP contribution in [0.2, 0.25) is 0 Å². The van der Waals surface area contributed by atoms with Gasteiger partial charge in [-0.1, -0.05) is 17.7 Å². The Morgan fingerprint density at radius 2 is 1.53 bits per heavy atom. The van der Waals surface area contributed by atoms with E-state index in [9.17, 15) is 9.59 Å². The van der Waals surface area contributed by atoms with Crippen molar-refractivity contribution in [3.8, 4) is 0 Å². The van der Waals surface area contributed by atoms with Gasteiger partial charge in [0.15, 0.2) is 0 Å². The molecule has 1 fully saturated rings. The fraction of sp³-hybridized carbons (Fsp3) is 0.556. The summed E-state index contributed by atoms with van der Waals surface area (Å²) in [5.41, 5.74) is 5.80. The lowest BCUT2D eigenvalue weighted by molar-refractivity contribution is -0.117. The molecule has 0 spiro atoms. The second-order valence-corrected chi connectivity index (χ2v) is 10.2. The van der Waals surface area contributed by atoms with E-state index in [-0.39, 0.29) is 12.1 Å². The third-order valence-corrected chi connectivity index (χ3v) is 7.09. The molecule has 0 radical (unpaired) electrons. The molecule has 2 N–H and O–H groups in total. The minimum Gasteiger partial charge on any atom is -0.362 e. The normalized spacial score (nSPS) is 19.8. The van der Waals surface area contributed by atoms with Gasteiger partial charge in [0.1, 0.15) is 5.82 Å². The van der Waals surface area contributed by atoms with Crippen molar-refractivity contribution in [2.24, 2.45) is 0 Å². The average Bonchev–Trinajstić information content (AvgIpc) is 2.79. The highest BCUT2D eigenvalue weighted by molar-refractivity contribution is 6.43. The maximum Gasteiger partial charge on any atom is 0.292 e. The summed E-state index contributed by atoms with van der Waals surface area (Å²) in [6.07, 6.45) is 7.90. The lowest BCUT2D eigenvalue weighted by Gasteiger charge is -2.30. The van der Waals surface area contributed by atoms with Gasteiger partial charge in [-0.15, -0.1) is 0 Å². The van der Waals surface area contributed by atoms with Gasteiger partial charge in [0.25, 0.3) is 11.7 Å². The zero-order valence-corrected chi connectivity index (χ0v) is 21.1. The van der Waals surface area contributed by atoms with Gasteiger partial charge in [-0.05, 0) is 83.3 Å². The first-order chi connectivity index (χ1) is 16.2. The van der Waals surface area contributed by atoms with Gasteiger partial charge in [-0.3, -0.25) is 9.59 Å². The van der Waals surface area contributed by atoms with E-state index in [1.165, 1.54) is 24.1 Å². The van der Waals surface area contributed by atoms with Gasteiger partial charge in [-0.2, -0.15) is 4.98 Å². The molecule has 0 atom stereocenters. The number of benzene rings is 1. The molecule has 0 bridgehead atoms. The summed E-state index contributed by atoms with van der Waals surface area (Å²) < 4.78 is 0. The fourth-order valence-corrected chi connectivity index (χ4v) is 5.48. The maximum absolute atomic E-state index is 12.8. The van der Waals surface area contributed by atoms with Crippen molar-refractivity contribution in [1.82, 2.24) is 15.3 Å². The maximum atomic E-state index is 12.8. The molecule has 1 aromatic heterocycles. The Kier molecular flexibility index (Phi) is 7.19. The zero-order valence-electron chi connectivity index (χ0n) is 21.1. The number of rotatable bonds is 6. The Morgan fingerprint density at radius 1 is 0.912 bits per heavy atom. The average molecular weight is 464 g/mol. The summed E-state index contributed by atoms with van der Waals surface area (Å²) in [5.74, 6) is 0.791. The van der Waals surface area contributed by atoms with Crippen LogP contribution in [0, 0.1) is 20.8 Å². The minimum absolute atomic E-state index is 0.0161. The highest BCUT2D eigenvalue weighted by atomic mass is 16.2. The number of nitrogens with zero attached hydrogens (tertiary/aromatic N) is 3. The van der Waals surface area contributed by atoms with E-state index in [4.69, 9.17) is 9.97 Å². The molecule has 7 heteroatoms. The van der Waals surface area contributed by atoms with Crippen LogP contribution < -0.4 is 15.5 Å². The summed E-state index contributed by atoms with van der Waals surface area (Å²) >= 11 is 0. The van der Waals surface area contributed by atoms with Crippen LogP contribution in [0.1, 0.15) is 76.8 Å². The van der Waals surface area contributed by atoms with Gasteiger partial charge in [0, 0.05) is 37.3 Å². The van der Waals surface area contributed by atoms with Gasteiger partial charge >= 0.3 is 0 Å². The van der Waals surface area contributed by atoms with Crippen LogP contribution in [0.4, 0.5) is 11.8 Å². The van der Waals surface area contributed by atoms with Gasteiger partial charge in [0.2, 0.25) is 5.95 Å². The predicted octanol–water partition coefficient (Wildman–Crippen LogP) is 4.07. The molecule has 0 unspecified atom stereocenters. The number of hydrogen-bond acceptors (Lipinski definition) is 6. The molecule has 4 rings (SSSR count). The van der Waals surface area contributed by atoms with Crippen molar-refractivity contribution in [2.45, 2.75) is 84.2 Å². The third kappa shape index (κ3) is 5.24. The number of hydrogen-bond donors (Lipinski definition) is 2.